The summed E-state index contributed by atoms with van der Waals surface area (Å²) in [6.07, 6.45) is 2.18. The second kappa shape index (κ2) is 9.29. The van der Waals surface area contributed by atoms with Gasteiger partial charge in [-0.25, -0.2) is 14.6 Å². The van der Waals surface area contributed by atoms with Crippen molar-refractivity contribution in [3.05, 3.63) is 59.3 Å². The van der Waals surface area contributed by atoms with Gasteiger partial charge in [0.05, 0.1) is 12.7 Å². The molecule has 0 radical (unpaired) electrons. The monoisotopic (exact) mass is 441 g/mol. The molecule has 1 aromatic carbocycles. The molecule has 10 heteroatoms. The van der Waals surface area contributed by atoms with Gasteiger partial charge in [-0.15, -0.1) is 0 Å². The molecule has 1 unspecified atom stereocenters. The number of hydrogen-bond acceptors (Lipinski definition) is 9. The normalized spacial score (nSPS) is 20.4. The SMILES string of the molecule is NC(=O)/C1=C\C(=O)Oc2c(ccnc2SCc2ccc(C3CNCCO3)cc2)OC1=O. The molecule has 0 aliphatic carbocycles. The number of hydrogen-bond donors (Lipinski definition) is 2. The van der Waals surface area contributed by atoms with Gasteiger partial charge >= 0.3 is 11.9 Å². The van der Waals surface area contributed by atoms with Crippen LogP contribution in [0.4, 0.5) is 0 Å². The number of amides is 1. The minimum atomic E-state index is -1.08. The lowest BCUT2D eigenvalue weighted by Gasteiger charge is -2.24. The van der Waals surface area contributed by atoms with E-state index in [4.69, 9.17) is 19.9 Å². The van der Waals surface area contributed by atoms with Crippen molar-refractivity contribution in [1.29, 1.82) is 0 Å². The molecule has 1 fully saturated rings. The number of rotatable bonds is 5. The molecule has 1 atom stereocenters. The number of pyridine rings is 1. The number of esters is 2. The van der Waals surface area contributed by atoms with Gasteiger partial charge in [-0.3, -0.25) is 4.79 Å². The van der Waals surface area contributed by atoms with E-state index in [2.05, 4.69) is 10.3 Å². The highest BCUT2D eigenvalue weighted by Crippen LogP contribution is 2.38. The number of fused-ring (bicyclic) bond motifs is 1. The molecule has 2 aliphatic rings. The molecule has 1 saturated heterocycles. The van der Waals surface area contributed by atoms with Gasteiger partial charge in [0.15, 0.2) is 5.75 Å². The van der Waals surface area contributed by atoms with E-state index in [1.54, 1.807) is 0 Å². The average Bonchev–Trinajstić information content (AvgIpc) is 2.77. The smallest absolute Gasteiger partial charge is 0.349 e. The fourth-order valence-electron chi connectivity index (χ4n) is 3.08. The van der Waals surface area contributed by atoms with Gasteiger partial charge in [0.2, 0.25) is 5.75 Å². The van der Waals surface area contributed by atoms with Gasteiger partial charge in [0.1, 0.15) is 10.6 Å². The van der Waals surface area contributed by atoms with Crippen molar-refractivity contribution in [2.24, 2.45) is 5.73 Å². The number of nitrogens with zero attached hydrogens (tertiary/aromatic N) is 1. The van der Waals surface area contributed by atoms with Crippen LogP contribution in [0.1, 0.15) is 17.2 Å². The van der Waals surface area contributed by atoms with Crippen LogP contribution in [-0.2, 0) is 24.9 Å². The Morgan fingerprint density at radius 3 is 2.71 bits per heavy atom. The highest BCUT2D eigenvalue weighted by molar-refractivity contribution is 7.98. The van der Waals surface area contributed by atoms with Crippen LogP contribution in [0.2, 0.25) is 0 Å². The summed E-state index contributed by atoms with van der Waals surface area (Å²) < 4.78 is 16.2. The second-order valence-corrected chi connectivity index (χ2v) is 7.73. The fraction of sp³-hybridized carbons (Fsp3) is 0.238. The molecule has 0 spiro atoms. The third-order valence-corrected chi connectivity index (χ3v) is 5.69. The maximum absolute atomic E-state index is 12.1. The highest BCUT2D eigenvalue weighted by Gasteiger charge is 2.27. The Balaban J connectivity index is 1.49. The zero-order chi connectivity index (χ0) is 21.8. The van der Waals surface area contributed by atoms with Crippen molar-refractivity contribution in [3.8, 4) is 11.5 Å². The molecule has 2 aromatic rings. The Morgan fingerprint density at radius 2 is 2.00 bits per heavy atom. The number of primary amides is 1. The lowest BCUT2D eigenvalue weighted by atomic mass is 10.1. The predicted molar refractivity (Wildman–Crippen MR) is 110 cm³/mol. The van der Waals surface area contributed by atoms with Crippen LogP contribution in [0.25, 0.3) is 0 Å². The van der Waals surface area contributed by atoms with Crippen molar-refractivity contribution < 1.29 is 28.6 Å². The molecular weight excluding hydrogens is 422 g/mol. The summed E-state index contributed by atoms with van der Waals surface area (Å²) in [4.78, 5) is 39.8. The Hall–Kier alpha value is -3.21. The number of aromatic nitrogens is 1. The van der Waals surface area contributed by atoms with E-state index in [-0.39, 0.29) is 17.6 Å². The number of nitrogens with two attached hydrogens (primary N) is 1. The largest absolute Gasteiger partial charge is 0.419 e. The van der Waals surface area contributed by atoms with Crippen molar-refractivity contribution in [3.63, 3.8) is 0 Å². The molecule has 3 N–H and O–H groups in total. The molecule has 0 saturated carbocycles. The van der Waals surface area contributed by atoms with Gasteiger partial charge in [-0.1, -0.05) is 36.0 Å². The first kappa shape index (κ1) is 21.0. The zero-order valence-electron chi connectivity index (χ0n) is 16.3. The highest BCUT2D eigenvalue weighted by atomic mass is 32.2. The predicted octanol–water partition coefficient (Wildman–Crippen LogP) is 1.27. The number of thioether (sulfide) groups is 1. The quantitative estimate of drug-likeness (QED) is 0.400. The summed E-state index contributed by atoms with van der Waals surface area (Å²) in [5.41, 5.74) is 6.66. The maximum Gasteiger partial charge on any atom is 0.349 e. The van der Waals surface area contributed by atoms with Crippen LogP contribution < -0.4 is 20.5 Å². The van der Waals surface area contributed by atoms with Gasteiger partial charge in [-0.2, -0.15) is 0 Å². The van der Waals surface area contributed by atoms with Gasteiger partial charge in [-0.05, 0) is 11.1 Å². The van der Waals surface area contributed by atoms with Crippen molar-refractivity contribution >= 4 is 29.6 Å². The number of nitrogens with one attached hydrogen (secondary N) is 1. The summed E-state index contributed by atoms with van der Waals surface area (Å²) in [5, 5.41) is 3.68. The van der Waals surface area contributed by atoms with E-state index >= 15 is 0 Å². The van der Waals surface area contributed by atoms with Crippen molar-refractivity contribution in [2.45, 2.75) is 16.9 Å². The lowest BCUT2D eigenvalue weighted by Crippen LogP contribution is -2.33. The van der Waals surface area contributed by atoms with E-state index in [1.807, 2.05) is 24.3 Å². The number of morpholine rings is 1. The molecule has 3 heterocycles. The standard InChI is InChI=1S/C21H19N3O6S/c22-19(26)14-9-17(25)30-18-15(29-21(14)27)5-6-24-20(18)31-11-12-1-3-13(4-2-12)16-10-23-7-8-28-16/h1-6,9,16,23H,7-8,10-11H2,(H2,22,26)/b14-9+. The van der Waals surface area contributed by atoms with Crippen LogP contribution in [0, 0.1) is 0 Å². The number of ether oxygens (including phenoxy) is 3. The third-order valence-electron chi connectivity index (χ3n) is 4.64. The first-order chi connectivity index (χ1) is 15.0. The molecule has 31 heavy (non-hydrogen) atoms. The zero-order valence-corrected chi connectivity index (χ0v) is 17.1. The molecule has 160 valence electrons. The molecular formula is C21H19N3O6S. The topological polar surface area (TPSA) is 130 Å². The van der Waals surface area contributed by atoms with E-state index in [9.17, 15) is 14.4 Å². The number of carbonyl (C=O) groups is 3. The van der Waals surface area contributed by atoms with Crippen LogP contribution in [0.3, 0.4) is 0 Å². The average molecular weight is 441 g/mol. The number of carbonyl (C=O) groups excluding carboxylic acids is 3. The Kier molecular flexibility index (Phi) is 6.31. The minimum Gasteiger partial charge on any atom is -0.419 e. The van der Waals surface area contributed by atoms with E-state index in [0.717, 1.165) is 30.3 Å². The molecule has 4 rings (SSSR count). The molecule has 1 aromatic heterocycles. The van der Waals surface area contributed by atoms with Crippen LogP contribution in [0.5, 0.6) is 11.5 Å². The van der Waals surface area contributed by atoms with E-state index < -0.39 is 23.4 Å². The van der Waals surface area contributed by atoms with Crippen LogP contribution >= 0.6 is 11.8 Å². The van der Waals surface area contributed by atoms with Crippen molar-refractivity contribution in [1.82, 2.24) is 10.3 Å². The summed E-state index contributed by atoms with van der Waals surface area (Å²) in [6.45, 7) is 2.33. The molecule has 9 nitrogen and oxygen atoms in total. The minimum absolute atomic E-state index is 0.0139. The summed E-state index contributed by atoms with van der Waals surface area (Å²) in [5.74, 6) is -2.47. The van der Waals surface area contributed by atoms with Gasteiger partial charge in [0.25, 0.3) is 5.91 Å². The first-order valence-electron chi connectivity index (χ1n) is 9.49. The molecule has 0 bridgehead atoms. The van der Waals surface area contributed by atoms with E-state index in [1.165, 1.54) is 24.0 Å². The van der Waals surface area contributed by atoms with Crippen LogP contribution in [0.15, 0.2) is 53.2 Å². The third kappa shape index (κ3) is 4.93. The Morgan fingerprint density at radius 1 is 1.19 bits per heavy atom. The molecule has 2 aliphatic heterocycles. The summed E-state index contributed by atoms with van der Waals surface area (Å²) in [6, 6.07) is 9.42. The van der Waals surface area contributed by atoms with Gasteiger partial charge in [0, 0.05) is 37.2 Å². The summed E-state index contributed by atoms with van der Waals surface area (Å²) >= 11 is 1.32. The number of benzene rings is 1. The summed E-state index contributed by atoms with van der Waals surface area (Å²) in [7, 11) is 0. The van der Waals surface area contributed by atoms with E-state index in [0.29, 0.717) is 17.4 Å². The Labute approximate surface area is 181 Å². The maximum atomic E-state index is 12.1. The molecule has 1 amide bonds. The van der Waals surface area contributed by atoms with Gasteiger partial charge < -0.3 is 25.3 Å². The Bertz CT molecular complexity index is 1050. The van der Waals surface area contributed by atoms with Crippen molar-refractivity contribution in [2.75, 3.05) is 19.7 Å². The lowest BCUT2D eigenvalue weighted by molar-refractivity contribution is -0.136. The van der Waals surface area contributed by atoms with Crippen LogP contribution in [-0.4, -0.2) is 42.5 Å². The first-order valence-corrected chi connectivity index (χ1v) is 10.5. The second-order valence-electron chi connectivity index (χ2n) is 6.77. The fourth-order valence-corrected chi connectivity index (χ4v) is 3.99.